The van der Waals surface area contributed by atoms with Crippen LogP contribution >= 0.6 is 12.4 Å². The first-order chi connectivity index (χ1) is 10.8. The lowest BCUT2D eigenvalue weighted by molar-refractivity contribution is -0.122. The van der Waals surface area contributed by atoms with Crippen LogP contribution in [0.5, 0.6) is 0 Å². The molecule has 1 heterocycles. The zero-order chi connectivity index (χ0) is 15.2. The Morgan fingerprint density at radius 3 is 2.04 bits per heavy atom. The van der Waals surface area contributed by atoms with Gasteiger partial charge < -0.3 is 10.6 Å². The number of carbonyl (C=O) groups is 1. The molecule has 0 unspecified atom stereocenters. The molecule has 23 heavy (non-hydrogen) atoms. The molecule has 122 valence electrons. The maximum atomic E-state index is 12.9. The second kappa shape index (κ2) is 8.70. The van der Waals surface area contributed by atoms with Crippen molar-refractivity contribution < 1.29 is 4.79 Å². The van der Waals surface area contributed by atoms with Gasteiger partial charge >= 0.3 is 0 Å². The van der Waals surface area contributed by atoms with E-state index in [0.29, 0.717) is 0 Å². The Bertz CT molecular complexity index is 558. The summed E-state index contributed by atoms with van der Waals surface area (Å²) < 4.78 is 0. The van der Waals surface area contributed by atoms with Gasteiger partial charge in [-0.1, -0.05) is 60.7 Å². The maximum absolute atomic E-state index is 12.9. The molecule has 1 atom stereocenters. The van der Waals surface area contributed by atoms with Gasteiger partial charge in [-0.25, -0.2) is 0 Å². The quantitative estimate of drug-likeness (QED) is 0.904. The molecule has 2 aromatic rings. The SMILES string of the molecule is Cl.O=C(N[C@H]1CCCNC1)C(c1ccccc1)c1ccccc1. The van der Waals surface area contributed by atoms with Gasteiger partial charge in [0.15, 0.2) is 0 Å². The number of nitrogens with one attached hydrogen (secondary N) is 2. The van der Waals surface area contributed by atoms with E-state index in [2.05, 4.69) is 10.6 Å². The lowest BCUT2D eigenvalue weighted by atomic mass is 9.90. The van der Waals surface area contributed by atoms with Crippen molar-refractivity contribution in [3.05, 3.63) is 71.8 Å². The number of carbonyl (C=O) groups excluding carboxylic acids is 1. The van der Waals surface area contributed by atoms with Crippen molar-refractivity contribution in [1.29, 1.82) is 0 Å². The topological polar surface area (TPSA) is 41.1 Å². The highest BCUT2D eigenvalue weighted by Crippen LogP contribution is 2.25. The van der Waals surface area contributed by atoms with Gasteiger partial charge in [-0.2, -0.15) is 0 Å². The number of amides is 1. The molecule has 1 aliphatic heterocycles. The van der Waals surface area contributed by atoms with E-state index in [0.717, 1.165) is 37.1 Å². The number of piperidine rings is 1. The third kappa shape index (κ3) is 4.57. The van der Waals surface area contributed by atoms with Crippen molar-refractivity contribution in [3.63, 3.8) is 0 Å². The first kappa shape index (κ1) is 17.5. The average Bonchev–Trinajstić information content (AvgIpc) is 2.58. The Morgan fingerprint density at radius 2 is 1.57 bits per heavy atom. The van der Waals surface area contributed by atoms with Crippen molar-refractivity contribution in [2.45, 2.75) is 24.8 Å². The molecule has 0 bridgehead atoms. The van der Waals surface area contributed by atoms with Crippen LogP contribution in [0.15, 0.2) is 60.7 Å². The average molecular weight is 331 g/mol. The number of benzene rings is 2. The molecule has 2 N–H and O–H groups in total. The highest BCUT2D eigenvalue weighted by atomic mass is 35.5. The van der Waals surface area contributed by atoms with Crippen LogP contribution in [-0.4, -0.2) is 25.0 Å². The van der Waals surface area contributed by atoms with Crippen molar-refractivity contribution in [3.8, 4) is 0 Å². The minimum Gasteiger partial charge on any atom is -0.351 e. The van der Waals surface area contributed by atoms with Crippen molar-refractivity contribution in [2.75, 3.05) is 13.1 Å². The van der Waals surface area contributed by atoms with Gasteiger partial charge in [-0.15, -0.1) is 12.4 Å². The van der Waals surface area contributed by atoms with E-state index >= 15 is 0 Å². The van der Waals surface area contributed by atoms with Gasteiger partial charge in [-0.3, -0.25) is 4.79 Å². The van der Waals surface area contributed by atoms with E-state index in [1.54, 1.807) is 0 Å². The first-order valence-corrected chi connectivity index (χ1v) is 7.95. The van der Waals surface area contributed by atoms with Crippen LogP contribution in [0.2, 0.25) is 0 Å². The summed E-state index contributed by atoms with van der Waals surface area (Å²) in [6.07, 6.45) is 2.17. The molecule has 0 spiro atoms. The number of hydrogen-bond acceptors (Lipinski definition) is 2. The second-order valence-electron chi connectivity index (χ2n) is 5.81. The highest BCUT2D eigenvalue weighted by Gasteiger charge is 2.25. The molecule has 3 rings (SSSR count). The predicted octanol–water partition coefficient (Wildman–Crippen LogP) is 3.11. The fourth-order valence-corrected chi connectivity index (χ4v) is 3.05. The summed E-state index contributed by atoms with van der Waals surface area (Å²) in [5.41, 5.74) is 2.07. The Morgan fingerprint density at radius 1 is 1.00 bits per heavy atom. The summed E-state index contributed by atoms with van der Waals surface area (Å²) >= 11 is 0. The van der Waals surface area contributed by atoms with Crippen LogP contribution in [0.3, 0.4) is 0 Å². The summed E-state index contributed by atoms with van der Waals surface area (Å²) in [7, 11) is 0. The van der Waals surface area contributed by atoms with E-state index in [4.69, 9.17) is 0 Å². The summed E-state index contributed by atoms with van der Waals surface area (Å²) in [5, 5.41) is 6.56. The largest absolute Gasteiger partial charge is 0.351 e. The van der Waals surface area contributed by atoms with Gasteiger partial charge in [0.2, 0.25) is 5.91 Å². The number of hydrogen-bond donors (Lipinski definition) is 2. The van der Waals surface area contributed by atoms with Gasteiger partial charge in [0.1, 0.15) is 0 Å². The maximum Gasteiger partial charge on any atom is 0.232 e. The van der Waals surface area contributed by atoms with E-state index < -0.39 is 0 Å². The van der Waals surface area contributed by atoms with Gasteiger partial charge in [0, 0.05) is 12.6 Å². The van der Waals surface area contributed by atoms with Crippen LogP contribution in [0.1, 0.15) is 29.9 Å². The van der Waals surface area contributed by atoms with Gasteiger partial charge in [0.05, 0.1) is 5.92 Å². The fourth-order valence-electron chi connectivity index (χ4n) is 3.05. The molecule has 1 aliphatic rings. The Kier molecular flexibility index (Phi) is 6.63. The Labute approximate surface area is 143 Å². The summed E-state index contributed by atoms with van der Waals surface area (Å²) in [4.78, 5) is 12.9. The number of rotatable bonds is 4. The van der Waals surface area contributed by atoms with E-state index in [1.807, 2.05) is 60.7 Å². The molecule has 2 aromatic carbocycles. The molecular weight excluding hydrogens is 308 g/mol. The minimum absolute atomic E-state index is 0. The standard InChI is InChI=1S/C19H22N2O.ClH/c22-19(21-17-12-7-13-20-14-17)18(15-8-3-1-4-9-15)16-10-5-2-6-11-16;/h1-6,8-11,17-18,20H,7,12-14H2,(H,21,22);1H/t17-;/m0./s1. The second-order valence-corrected chi connectivity index (χ2v) is 5.81. The third-order valence-corrected chi connectivity index (χ3v) is 4.17. The minimum atomic E-state index is -0.246. The van der Waals surface area contributed by atoms with Crippen molar-refractivity contribution >= 4 is 18.3 Å². The van der Waals surface area contributed by atoms with Crippen LogP contribution in [0, 0.1) is 0 Å². The molecule has 0 aromatic heterocycles. The summed E-state index contributed by atoms with van der Waals surface area (Å²) in [6, 6.07) is 20.2. The fraction of sp³-hybridized carbons (Fsp3) is 0.316. The Hall–Kier alpha value is -1.84. The third-order valence-electron chi connectivity index (χ3n) is 4.17. The van der Waals surface area contributed by atoms with Crippen molar-refractivity contribution in [1.82, 2.24) is 10.6 Å². The Balaban J connectivity index is 0.00000192. The molecule has 1 saturated heterocycles. The molecule has 3 nitrogen and oxygen atoms in total. The molecule has 4 heteroatoms. The zero-order valence-electron chi connectivity index (χ0n) is 13.1. The molecule has 0 saturated carbocycles. The van der Waals surface area contributed by atoms with Crippen molar-refractivity contribution in [2.24, 2.45) is 0 Å². The molecular formula is C19H23ClN2O. The molecule has 0 radical (unpaired) electrons. The number of halogens is 1. The zero-order valence-corrected chi connectivity index (χ0v) is 13.9. The smallest absolute Gasteiger partial charge is 0.232 e. The van der Waals surface area contributed by atoms with Gasteiger partial charge in [0.25, 0.3) is 0 Å². The molecule has 1 amide bonds. The van der Waals surface area contributed by atoms with E-state index in [-0.39, 0.29) is 30.3 Å². The van der Waals surface area contributed by atoms with Crippen LogP contribution in [-0.2, 0) is 4.79 Å². The highest BCUT2D eigenvalue weighted by molar-refractivity contribution is 5.87. The molecule has 0 aliphatic carbocycles. The summed E-state index contributed by atoms with van der Waals surface area (Å²) in [5.74, 6) is -0.157. The van der Waals surface area contributed by atoms with Gasteiger partial charge in [-0.05, 0) is 30.5 Å². The van der Waals surface area contributed by atoms with Crippen LogP contribution in [0.4, 0.5) is 0 Å². The van der Waals surface area contributed by atoms with E-state index in [1.165, 1.54) is 0 Å². The molecule has 1 fully saturated rings. The van der Waals surface area contributed by atoms with Crippen LogP contribution in [0.25, 0.3) is 0 Å². The summed E-state index contributed by atoms with van der Waals surface area (Å²) in [6.45, 7) is 1.91. The monoisotopic (exact) mass is 330 g/mol. The lowest BCUT2D eigenvalue weighted by Gasteiger charge is -2.26. The normalized spacial score (nSPS) is 17.3. The van der Waals surface area contributed by atoms with Crippen LogP contribution < -0.4 is 10.6 Å². The van der Waals surface area contributed by atoms with E-state index in [9.17, 15) is 4.79 Å². The predicted molar refractivity (Wildman–Crippen MR) is 96.0 cm³/mol. The lowest BCUT2D eigenvalue weighted by Crippen LogP contribution is -2.47. The first-order valence-electron chi connectivity index (χ1n) is 7.95.